The summed E-state index contributed by atoms with van der Waals surface area (Å²) in [6.07, 6.45) is 6.30. The van der Waals surface area contributed by atoms with Gasteiger partial charge in [-0.2, -0.15) is 0 Å². The van der Waals surface area contributed by atoms with E-state index in [2.05, 4.69) is 70.1 Å². The molecule has 2 rings (SSSR count). The first-order chi connectivity index (χ1) is 13.4. The van der Waals surface area contributed by atoms with Crippen molar-refractivity contribution >= 4 is 5.69 Å². The summed E-state index contributed by atoms with van der Waals surface area (Å²) in [5.41, 5.74) is 15.3. The van der Waals surface area contributed by atoms with Gasteiger partial charge in [-0.25, -0.2) is 0 Å². The lowest BCUT2D eigenvalue weighted by atomic mass is 9.67. The van der Waals surface area contributed by atoms with E-state index in [1.165, 1.54) is 42.3 Å². The molecule has 1 fully saturated rings. The Bertz CT molecular complexity index is 577. The van der Waals surface area contributed by atoms with Crippen molar-refractivity contribution < 1.29 is 0 Å². The molecule has 160 valence electrons. The molecule has 0 saturated heterocycles. The second-order valence-corrected chi connectivity index (χ2v) is 7.88. The third kappa shape index (κ3) is 8.10. The molecule has 1 aromatic rings. The van der Waals surface area contributed by atoms with Crippen LogP contribution in [0.15, 0.2) is 43.3 Å². The van der Waals surface area contributed by atoms with Crippen LogP contribution in [0.2, 0.25) is 0 Å². The van der Waals surface area contributed by atoms with Gasteiger partial charge in [-0.3, -0.25) is 0 Å². The maximum atomic E-state index is 5.75. The molecular formula is C25H45N3. The third-order valence-electron chi connectivity index (χ3n) is 5.51. The highest BCUT2D eigenvalue weighted by Crippen LogP contribution is 2.46. The smallest absolute Gasteiger partial charge is 0.0420 e. The summed E-state index contributed by atoms with van der Waals surface area (Å²) >= 11 is 0. The molecule has 3 heteroatoms. The van der Waals surface area contributed by atoms with E-state index in [4.69, 9.17) is 5.73 Å². The summed E-state index contributed by atoms with van der Waals surface area (Å²) < 4.78 is 0. The number of anilines is 1. The maximum absolute atomic E-state index is 5.75. The fraction of sp³-hybridized carbons (Fsp3) is 0.600. The van der Waals surface area contributed by atoms with Crippen LogP contribution in [0.25, 0.3) is 0 Å². The molecule has 1 saturated carbocycles. The molecule has 0 amide bonds. The minimum absolute atomic E-state index is 0.477. The van der Waals surface area contributed by atoms with E-state index in [-0.39, 0.29) is 0 Å². The van der Waals surface area contributed by atoms with Crippen molar-refractivity contribution in [2.24, 2.45) is 29.2 Å². The van der Waals surface area contributed by atoms with Crippen molar-refractivity contribution in [3.63, 3.8) is 0 Å². The lowest BCUT2D eigenvalue weighted by molar-refractivity contribution is 0.197. The van der Waals surface area contributed by atoms with Gasteiger partial charge in [-0.1, -0.05) is 73.3 Å². The van der Waals surface area contributed by atoms with Gasteiger partial charge in [0.2, 0.25) is 0 Å². The molecule has 1 aliphatic carbocycles. The van der Waals surface area contributed by atoms with Crippen LogP contribution in [0.4, 0.5) is 5.69 Å². The summed E-state index contributed by atoms with van der Waals surface area (Å²) in [5, 5.41) is 3.49. The molecule has 0 aromatic heterocycles. The van der Waals surface area contributed by atoms with Gasteiger partial charge < -0.3 is 16.8 Å². The van der Waals surface area contributed by atoms with E-state index in [1.54, 1.807) is 0 Å². The van der Waals surface area contributed by atoms with Crippen molar-refractivity contribution in [3.8, 4) is 0 Å². The summed E-state index contributed by atoms with van der Waals surface area (Å²) in [5.74, 6) is 2.94. The van der Waals surface area contributed by atoms with Gasteiger partial charge >= 0.3 is 0 Å². The first-order valence-electron chi connectivity index (χ1n) is 11.0. The van der Waals surface area contributed by atoms with Crippen LogP contribution in [0.5, 0.6) is 0 Å². The molecule has 0 heterocycles. The minimum Gasteiger partial charge on any atom is -0.405 e. The molecule has 1 aromatic carbocycles. The van der Waals surface area contributed by atoms with E-state index < -0.39 is 0 Å². The van der Waals surface area contributed by atoms with Crippen LogP contribution in [0.3, 0.4) is 0 Å². The molecule has 3 atom stereocenters. The molecule has 28 heavy (non-hydrogen) atoms. The molecule has 0 bridgehead atoms. The van der Waals surface area contributed by atoms with Crippen LogP contribution in [-0.4, -0.2) is 6.54 Å². The number of hydrogen-bond acceptors (Lipinski definition) is 3. The Labute approximate surface area is 174 Å². The van der Waals surface area contributed by atoms with Crippen molar-refractivity contribution in [1.29, 1.82) is 0 Å². The lowest BCUT2D eigenvalue weighted by Crippen LogP contribution is -2.27. The SMILES string of the molecule is C=C(CN)Nc1cc(CC)ccc1C1CC(C)CC[C@H]1C(C)C.C=CN.CC. The fourth-order valence-electron chi connectivity index (χ4n) is 4.06. The number of hydrogen-bond donors (Lipinski definition) is 3. The average Bonchev–Trinajstić information content (AvgIpc) is 2.69. The normalized spacial score (nSPS) is 20.9. The standard InChI is InChI=1S/C21H34N2.C2H5N.C2H6/c1-6-17-8-10-19(21(12-17)23-16(5)13-22)20-11-15(4)7-9-18(20)14(2)3;1-2-3;1-2/h8,10,12,14-15,18,20,23H,5-7,9,11,13,22H2,1-4H3;2H,1,3H2;1-2H3/t15?,18-,20?;;/m0../s1. The summed E-state index contributed by atoms with van der Waals surface area (Å²) in [6.45, 7) is 21.0. The number of aryl methyl sites for hydroxylation is 1. The zero-order chi connectivity index (χ0) is 21.7. The predicted molar refractivity (Wildman–Crippen MR) is 127 cm³/mol. The molecule has 0 aliphatic heterocycles. The van der Waals surface area contributed by atoms with Crippen molar-refractivity contribution in [3.05, 3.63) is 54.4 Å². The van der Waals surface area contributed by atoms with Crippen LogP contribution in [0.1, 0.15) is 77.8 Å². The Morgan fingerprint density at radius 3 is 2.39 bits per heavy atom. The highest BCUT2D eigenvalue weighted by molar-refractivity contribution is 5.58. The van der Waals surface area contributed by atoms with Crippen molar-refractivity contribution in [1.82, 2.24) is 0 Å². The molecule has 0 spiro atoms. The van der Waals surface area contributed by atoms with Crippen LogP contribution in [0, 0.1) is 17.8 Å². The predicted octanol–water partition coefficient (Wildman–Crippen LogP) is 6.42. The van der Waals surface area contributed by atoms with Crippen molar-refractivity contribution in [2.45, 2.75) is 73.1 Å². The molecule has 3 nitrogen and oxygen atoms in total. The minimum atomic E-state index is 0.477. The second-order valence-electron chi connectivity index (χ2n) is 7.88. The largest absolute Gasteiger partial charge is 0.405 e. The van der Waals surface area contributed by atoms with Gasteiger partial charge in [-0.05, 0) is 66.3 Å². The van der Waals surface area contributed by atoms with E-state index in [0.717, 1.165) is 29.9 Å². The van der Waals surface area contributed by atoms with E-state index in [1.807, 2.05) is 13.8 Å². The molecule has 1 aliphatic rings. The molecule has 2 unspecified atom stereocenters. The summed E-state index contributed by atoms with van der Waals surface area (Å²) in [7, 11) is 0. The Kier molecular flexibility index (Phi) is 13.4. The average molecular weight is 388 g/mol. The van der Waals surface area contributed by atoms with Gasteiger partial charge in [0.25, 0.3) is 0 Å². The van der Waals surface area contributed by atoms with Gasteiger partial charge in [0.15, 0.2) is 0 Å². The maximum Gasteiger partial charge on any atom is 0.0420 e. The van der Waals surface area contributed by atoms with Gasteiger partial charge in [0.05, 0.1) is 0 Å². The zero-order valence-electron chi connectivity index (χ0n) is 19.2. The Morgan fingerprint density at radius 1 is 1.29 bits per heavy atom. The summed E-state index contributed by atoms with van der Waals surface area (Å²) in [4.78, 5) is 0. The van der Waals surface area contributed by atoms with Crippen LogP contribution < -0.4 is 16.8 Å². The first kappa shape index (κ1) is 26.3. The topological polar surface area (TPSA) is 64.1 Å². The Balaban J connectivity index is 0.00000133. The van der Waals surface area contributed by atoms with Crippen molar-refractivity contribution in [2.75, 3.05) is 11.9 Å². The number of nitrogens with one attached hydrogen (secondary N) is 1. The molecule has 5 N–H and O–H groups in total. The van der Waals surface area contributed by atoms with Gasteiger partial charge in [0, 0.05) is 17.9 Å². The highest BCUT2D eigenvalue weighted by atomic mass is 14.9. The highest BCUT2D eigenvalue weighted by Gasteiger charge is 2.33. The van der Waals surface area contributed by atoms with Crippen LogP contribution >= 0.6 is 0 Å². The number of nitrogens with two attached hydrogens (primary N) is 2. The van der Waals surface area contributed by atoms with E-state index in [9.17, 15) is 0 Å². The number of benzene rings is 1. The molecule has 0 radical (unpaired) electrons. The van der Waals surface area contributed by atoms with E-state index in [0.29, 0.717) is 12.5 Å². The van der Waals surface area contributed by atoms with E-state index >= 15 is 0 Å². The monoisotopic (exact) mass is 387 g/mol. The first-order valence-corrected chi connectivity index (χ1v) is 11.0. The van der Waals surface area contributed by atoms with Crippen LogP contribution in [-0.2, 0) is 6.42 Å². The zero-order valence-corrected chi connectivity index (χ0v) is 19.2. The lowest BCUT2D eigenvalue weighted by Gasteiger charge is -2.38. The third-order valence-corrected chi connectivity index (χ3v) is 5.51. The quantitative estimate of drug-likeness (QED) is 0.527. The van der Waals surface area contributed by atoms with Gasteiger partial charge in [-0.15, -0.1) is 0 Å². The Hall–Kier alpha value is -1.74. The fourth-order valence-corrected chi connectivity index (χ4v) is 4.06. The molecular weight excluding hydrogens is 342 g/mol. The number of rotatable bonds is 6. The summed E-state index contributed by atoms with van der Waals surface area (Å²) in [6, 6.07) is 6.94. The van der Waals surface area contributed by atoms with Gasteiger partial charge in [0.1, 0.15) is 0 Å². The second kappa shape index (κ2) is 14.3. The Morgan fingerprint density at radius 2 is 1.89 bits per heavy atom.